The lowest BCUT2D eigenvalue weighted by atomic mass is 9.94. The summed E-state index contributed by atoms with van der Waals surface area (Å²) in [5.41, 5.74) is 0.781. The van der Waals surface area contributed by atoms with Crippen molar-refractivity contribution in [1.29, 1.82) is 0 Å². The maximum absolute atomic E-state index is 14.1. The van der Waals surface area contributed by atoms with E-state index in [9.17, 15) is 9.18 Å². The molecule has 5 heteroatoms. The molecule has 108 valence electrons. The zero-order chi connectivity index (χ0) is 14.5. The molecule has 0 atom stereocenters. The molecule has 1 aliphatic heterocycles. The molecule has 4 nitrogen and oxygen atoms in total. The molecule has 0 radical (unpaired) electrons. The van der Waals surface area contributed by atoms with Crippen molar-refractivity contribution in [2.45, 2.75) is 12.8 Å². The Balaban J connectivity index is 1.98. The number of hydrogen-bond acceptors (Lipinski definition) is 2. The highest BCUT2D eigenvalue weighted by Crippen LogP contribution is 2.27. The Morgan fingerprint density at radius 2 is 1.95 bits per heavy atom. The summed E-state index contributed by atoms with van der Waals surface area (Å²) in [6.07, 6.45) is 1.65. The van der Waals surface area contributed by atoms with Gasteiger partial charge in [0.25, 0.3) is 0 Å². The summed E-state index contributed by atoms with van der Waals surface area (Å²) in [4.78, 5) is 12.1. The minimum atomic E-state index is -0.928. The highest BCUT2D eigenvalue weighted by atomic mass is 19.1. The van der Waals surface area contributed by atoms with E-state index in [2.05, 4.69) is 0 Å². The van der Waals surface area contributed by atoms with Gasteiger partial charge in [-0.05, 0) is 36.6 Å². The third kappa shape index (κ3) is 3.50. The van der Waals surface area contributed by atoms with Crippen LogP contribution in [0, 0.1) is 5.92 Å². The second kappa shape index (κ2) is 6.41. The largest absolute Gasteiger partial charge is 0.497 e. The van der Waals surface area contributed by atoms with Crippen molar-refractivity contribution in [1.82, 2.24) is 4.90 Å². The highest BCUT2D eigenvalue weighted by molar-refractivity contribution is 5.65. The first-order chi connectivity index (χ1) is 9.60. The van der Waals surface area contributed by atoms with E-state index in [1.54, 1.807) is 31.4 Å². The van der Waals surface area contributed by atoms with Crippen LogP contribution in [0.15, 0.2) is 30.1 Å². The topological polar surface area (TPSA) is 49.8 Å². The molecule has 1 N–H and O–H groups in total. The third-order valence-electron chi connectivity index (χ3n) is 3.58. The van der Waals surface area contributed by atoms with E-state index in [4.69, 9.17) is 9.84 Å². The minimum Gasteiger partial charge on any atom is -0.497 e. The van der Waals surface area contributed by atoms with E-state index in [1.807, 2.05) is 0 Å². The van der Waals surface area contributed by atoms with Crippen LogP contribution in [0.3, 0.4) is 0 Å². The monoisotopic (exact) mass is 279 g/mol. The molecule has 1 fully saturated rings. The van der Waals surface area contributed by atoms with Gasteiger partial charge in [0.15, 0.2) is 0 Å². The Bertz CT molecular complexity index is 490. The molecule has 0 aromatic heterocycles. The van der Waals surface area contributed by atoms with Gasteiger partial charge in [-0.1, -0.05) is 12.1 Å². The first-order valence-corrected chi connectivity index (χ1v) is 6.59. The summed E-state index contributed by atoms with van der Waals surface area (Å²) in [6.45, 7) is 0.785. The molecule has 0 aliphatic carbocycles. The average molecular weight is 279 g/mol. The van der Waals surface area contributed by atoms with Crippen molar-refractivity contribution in [2.24, 2.45) is 5.92 Å². The van der Waals surface area contributed by atoms with Crippen LogP contribution in [-0.2, 0) is 0 Å². The molecule has 0 saturated carbocycles. The van der Waals surface area contributed by atoms with Gasteiger partial charge in [0.05, 0.1) is 7.11 Å². The SMILES string of the molecule is COc1ccc(/C=C(\F)C2CCN(C(=O)O)CC2)cc1. The second-order valence-electron chi connectivity index (χ2n) is 4.85. The third-order valence-corrected chi connectivity index (χ3v) is 3.58. The van der Waals surface area contributed by atoms with Crippen molar-refractivity contribution >= 4 is 12.2 Å². The fraction of sp³-hybridized carbons (Fsp3) is 0.400. The van der Waals surface area contributed by atoms with E-state index in [0.717, 1.165) is 11.3 Å². The number of amides is 1. The van der Waals surface area contributed by atoms with E-state index in [-0.39, 0.29) is 11.7 Å². The molecule has 0 unspecified atom stereocenters. The zero-order valence-electron chi connectivity index (χ0n) is 11.4. The van der Waals surface area contributed by atoms with E-state index in [1.165, 1.54) is 11.0 Å². The van der Waals surface area contributed by atoms with Gasteiger partial charge < -0.3 is 14.7 Å². The van der Waals surface area contributed by atoms with Crippen molar-refractivity contribution in [3.05, 3.63) is 35.7 Å². The number of carbonyl (C=O) groups is 1. The van der Waals surface area contributed by atoms with Crippen LogP contribution in [-0.4, -0.2) is 36.3 Å². The van der Waals surface area contributed by atoms with Gasteiger partial charge in [0, 0.05) is 19.0 Å². The summed E-state index contributed by atoms with van der Waals surface area (Å²) < 4.78 is 19.2. The normalized spacial score (nSPS) is 17.1. The number of allylic oxidation sites excluding steroid dienone is 1. The van der Waals surface area contributed by atoms with Gasteiger partial charge in [-0.2, -0.15) is 0 Å². The van der Waals surface area contributed by atoms with Gasteiger partial charge >= 0.3 is 6.09 Å². The van der Waals surface area contributed by atoms with Crippen LogP contribution in [0.2, 0.25) is 0 Å². The predicted octanol–water partition coefficient (Wildman–Crippen LogP) is 3.40. The van der Waals surface area contributed by atoms with Crippen LogP contribution >= 0.6 is 0 Å². The minimum absolute atomic E-state index is 0.180. The van der Waals surface area contributed by atoms with Crippen LogP contribution < -0.4 is 4.74 Å². The molecule has 1 amide bonds. The first kappa shape index (κ1) is 14.4. The molecular formula is C15H18FNO3. The Kier molecular flexibility index (Phi) is 4.61. The molecule has 1 aromatic rings. The number of hydrogen-bond donors (Lipinski definition) is 1. The van der Waals surface area contributed by atoms with Gasteiger partial charge in [-0.25, -0.2) is 9.18 Å². The van der Waals surface area contributed by atoms with Crippen molar-refractivity contribution in [3.8, 4) is 5.75 Å². The van der Waals surface area contributed by atoms with Gasteiger partial charge in [0.2, 0.25) is 0 Å². The molecular weight excluding hydrogens is 261 g/mol. The molecule has 0 bridgehead atoms. The summed E-state index contributed by atoms with van der Waals surface area (Å²) in [5, 5.41) is 8.85. The van der Waals surface area contributed by atoms with Crippen molar-refractivity contribution in [2.75, 3.05) is 20.2 Å². The number of carboxylic acid groups (broad SMARTS) is 1. The Morgan fingerprint density at radius 3 is 2.45 bits per heavy atom. The maximum Gasteiger partial charge on any atom is 0.407 e. The summed E-state index contributed by atoms with van der Waals surface area (Å²) in [6, 6.07) is 7.16. The first-order valence-electron chi connectivity index (χ1n) is 6.59. The number of piperidine rings is 1. The highest BCUT2D eigenvalue weighted by Gasteiger charge is 2.24. The van der Waals surface area contributed by atoms with E-state index in [0.29, 0.717) is 25.9 Å². The van der Waals surface area contributed by atoms with E-state index >= 15 is 0 Å². The molecule has 1 heterocycles. The Labute approximate surface area is 117 Å². The van der Waals surface area contributed by atoms with Crippen LogP contribution in [0.1, 0.15) is 18.4 Å². The van der Waals surface area contributed by atoms with Gasteiger partial charge in [-0.3, -0.25) is 0 Å². The summed E-state index contributed by atoms with van der Waals surface area (Å²) in [7, 11) is 1.58. The van der Waals surface area contributed by atoms with E-state index < -0.39 is 6.09 Å². The smallest absolute Gasteiger partial charge is 0.407 e. The van der Waals surface area contributed by atoms with Crippen LogP contribution in [0.25, 0.3) is 6.08 Å². The number of rotatable bonds is 3. The summed E-state index contributed by atoms with van der Waals surface area (Å²) in [5.74, 6) is 0.366. The predicted molar refractivity (Wildman–Crippen MR) is 74.4 cm³/mol. The fourth-order valence-corrected chi connectivity index (χ4v) is 2.32. The van der Waals surface area contributed by atoms with Gasteiger partial charge in [-0.15, -0.1) is 0 Å². The van der Waals surface area contributed by atoms with Crippen LogP contribution in [0.5, 0.6) is 5.75 Å². The van der Waals surface area contributed by atoms with Crippen molar-refractivity contribution < 1.29 is 19.0 Å². The molecule has 1 saturated heterocycles. The molecule has 0 spiro atoms. The number of likely N-dealkylation sites (tertiary alicyclic amines) is 1. The lowest BCUT2D eigenvalue weighted by molar-refractivity contribution is 0.126. The van der Waals surface area contributed by atoms with Crippen molar-refractivity contribution in [3.63, 3.8) is 0 Å². The second-order valence-corrected chi connectivity index (χ2v) is 4.85. The fourth-order valence-electron chi connectivity index (χ4n) is 2.32. The quantitative estimate of drug-likeness (QED) is 0.922. The zero-order valence-corrected chi connectivity index (χ0v) is 11.4. The number of nitrogens with zero attached hydrogens (tertiary/aromatic N) is 1. The number of benzene rings is 1. The van der Waals surface area contributed by atoms with Gasteiger partial charge in [0.1, 0.15) is 11.6 Å². The summed E-state index contributed by atoms with van der Waals surface area (Å²) >= 11 is 0. The number of ether oxygens (including phenoxy) is 1. The molecule has 20 heavy (non-hydrogen) atoms. The maximum atomic E-state index is 14.1. The average Bonchev–Trinajstić information content (AvgIpc) is 2.48. The number of methoxy groups -OCH3 is 1. The number of halogens is 1. The van der Waals surface area contributed by atoms with Crippen LogP contribution in [0.4, 0.5) is 9.18 Å². The lowest BCUT2D eigenvalue weighted by Crippen LogP contribution is -2.37. The Hall–Kier alpha value is -2.04. The molecule has 2 rings (SSSR count). The molecule has 1 aromatic carbocycles. The molecule has 1 aliphatic rings. The lowest BCUT2D eigenvalue weighted by Gasteiger charge is -2.29. The standard InChI is InChI=1S/C15H18FNO3/c1-20-13-4-2-11(3-5-13)10-14(16)12-6-8-17(9-7-12)15(18)19/h2-5,10,12H,6-9H2,1H3,(H,18,19)/b14-10-. The Morgan fingerprint density at radius 1 is 1.35 bits per heavy atom.